The number of hydrogen-bond donors (Lipinski definition) is 6. The van der Waals surface area contributed by atoms with Crippen molar-refractivity contribution < 1.29 is 44.6 Å². The molecule has 0 bridgehead atoms. The van der Waals surface area contributed by atoms with Crippen LogP contribution >= 0.6 is 0 Å². The van der Waals surface area contributed by atoms with E-state index in [0.29, 0.717) is 45.3 Å². The molecule has 1 aliphatic heterocycles. The standard InChI is InChI=1S/C40H63NO9/c1-6-7-8-10-25-19-37(23-42)31-13-14-36(4)33-26(17-27(22-41-15-9-16-49-5)34-28(33)18-32(44)50-34)20-39(36,47)40(31,48)35(45)29(12-11-24(2)3)38(37,46)21-30(25)43/h17-18,23-26,29-31,33-35,41,43,45-48H,6-16,19-22H2,1-5H3/t25-,26-,29+,30-,31-,33-,34-,35+,36-,37+,38-,39-,40-/m1/s1. The number of fused-ring (bicyclic) bond motifs is 9. The zero-order valence-electron chi connectivity index (χ0n) is 30.9. The summed E-state index contributed by atoms with van der Waals surface area (Å²) in [5, 5.41) is 67.3. The van der Waals surface area contributed by atoms with Gasteiger partial charge in [-0.2, -0.15) is 0 Å². The minimum atomic E-state index is -2.13. The van der Waals surface area contributed by atoms with Gasteiger partial charge in [-0.25, -0.2) is 4.79 Å². The highest BCUT2D eigenvalue weighted by Gasteiger charge is 2.83. The maximum absolute atomic E-state index is 13.8. The lowest BCUT2D eigenvalue weighted by Gasteiger charge is -2.72. The number of unbranched alkanes of at least 4 members (excludes halogenated alkanes) is 2. The van der Waals surface area contributed by atoms with Crippen LogP contribution in [0.4, 0.5) is 0 Å². The molecule has 282 valence electrons. The second-order valence-corrected chi connectivity index (χ2v) is 17.6. The van der Waals surface area contributed by atoms with E-state index in [-0.39, 0.29) is 42.9 Å². The van der Waals surface area contributed by atoms with Gasteiger partial charge in [-0.3, -0.25) is 0 Å². The molecule has 0 spiro atoms. The van der Waals surface area contributed by atoms with Gasteiger partial charge < -0.3 is 45.1 Å². The van der Waals surface area contributed by atoms with Crippen LogP contribution in [-0.2, 0) is 19.1 Å². The maximum atomic E-state index is 13.8. The molecule has 0 aromatic rings. The summed E-state index contributed by atoms with van der Waals surface area (Å²) in [6, 6.07) is 0. The minimum absolute atomic E-state index is 0.0482. The molecule has 6 rings (SSSR count). The van der Waals surface area contributed by atoms with Crippen molar-refractivity contribution in [2.75, 3.05) is 26.8 Å². The third kappa shape index (κ3) is 5.44. The summed E-state index contributed by atoms with van der Waals surface area (Å²) in [5.41, 5.74) is -6.46. The van der Waals surface area contributed by atoms with Crippen molar-refractivity contribution in [2.24, 2.45) is 46.3 Å². The Balaban J connectivity index is 1.44. The first-order chi connectivity index (χ1) is 23.7. The van der Waals surface area contributed by atoms with E-state index in [4.69, 9.17) is 9.47 Å². The lowest BCUT2D eigenvalue weighted by atomic mass is 9.36. The van der Waals surface area contributed by atoms with Gasteiger partial charge in [0.25, 0.3) is 0 Å². The summed E-state index contributed by atoms with van der Waals surface area (Å²) in [4.78, 5) is 26.6. The van der Waals surface area contributed by atoms with E-state index < -0.39 is 63.8 Å². The fraction of sp³-hybridized carbons (Fsp3) is 0.850. The molecule has 6 N–H and O–H groups in total. The molecule has 1 heterocycles. The average Bonchev–Trinajstić information content (AvgIpc) is 3.56. The molecule has 0 unspecified atom stereocenters. The van der Waals surface area contributed by atoms with Gasteiger partial charge in [0.05, 0.1) is 23.2 Å². The summed E-state index contributed by atoms with van der Waals surface area (Å²) in [5.74, 6) is -2.89. The van der Waals surface area contributed by atoms with E-state index in [0.717, 1.165) is 49.7 Å². The topological polar surface area (TPSA) is 166 Å². The molecular formula is C40H63NO9. The third-order valence-corrected chi connectivity index (χ3v) is 14.7. The summed E-state index contributed by atoms with van der Waals surface area (Å²) in [7, 11) is 1.67. The van der Waals surface area contributed by atoms with Crippen LogP contribution in [0.3, 0.4) is 0 Å². The fourth-order valence-electron chi connectivity index (χ4n) is 12.3. The molecule has 0 amide bonds. The van der Waals surface area contributed by atoms with Gasteiger partial charge in [0, 0.05) is 50.0 Å². The lowest BCUT2D eigenvalue weighted by Crippen LogP contribution is -2.84. The van der Waals surface area contributed by atoms with Crippen LogP contribution in [0.15, 0.2) is 23.3 Å². The van der Waals surface area contributed by atoms with Crippen LogP contribution in [0.25, 0.3) is 0 Å². The number of hydrogen-bond acceptors (Lipinski definition) is 10. The van der Waals surface area contributed by atoms with E-state index in [2.05, 4.69) is 32.2 Å². The molecule has 50 heavy (non-hydrogen) atoms. The number of carbonyl (C=O) groups excluding carboxylic acids is 2. The first-order valence-corrected chi connectivity index (χ1v) is 19.5. The number of methoxy groups -OCH3 is 1. The van der Waals surface area contributed by atoms with Crippen molar-refractivity contribution in [3.63, 3.8) is 0 Å². The molecule has 0 aromatic heterocycles. The van der Waals surface area contributed by atoms with Gasteiger partial charge in [-0.05, 0) is 86.3 Å². The van der Waals surface area contributed by atoms with Gasteiger partial charge in [0.15, 0.2) is 0 Å². The molecule has 10 nitrogen and oxygen atoms in total. The molecule has 13 atom stereocenters. The Hall–Kier alpha value is -1.66. The Kier molecular flexibility index (Phi) is 10.6. The van der Waals surface area contributed by atoms with Gasteiger partial charge in [-0.15, -0.1) is 0 Å². The smallest absolute Gasteiger partial charge is 0.331 e. The Morgan fingerprint density at radius 3 is 2.54 bits per heavy atom. The van der Waals surface area contributed by atoms with Crippen molar-refractivity contribution in [1.82, 2.24) is 5.32 Å². The highest BCUT2D eigenvalue weighted by molar-refractivity contribution is 5.87. The van der Waals surface area contributed by atoms with Crippen LogP contribution in [0, 0.1) is 46.3 Å². The van der Waals surface area contributed by atoms with Crippen LogP contribution in [0.2, 0.25) is 0 Å². The van der Waals surface area contributed by atoms with Crippen molar-refractivity contribution in [1.29, 1.82) is 0 Å². The van der Waals surface area contributed by atoms with Gasteiger partial charge in [0.2, 0.25) is 0 Å². The van der Waals surface area contributed by atoms with Gasteiger partial charge in [0.1, 0.15) is 23.6 Å². The molecule has 4 saturated carbocycles. The van der Waals surface area contributed by atoms with Gasteiger partial charge >= 0.3 is 5.97 Å². The first kappa shape index (κ1) is 38.1. The Labute approximate surface area is 298 Å². The normalized spacial score (nSPS) is 46.3. The van der Waals surface area contributed by atoms with Crippen molar-refractivity contribution >= 4 is 12.3 Å². The number of nitrogens with one attached hydrogen (secondary N) is 1. The van der Waals surface area contributed by atoms with Crippen LogP contribution in [0.1, 0.15) is 105 Å². The SMILES string of the molecule is CCCCC[C@@H]1C[C@]2(C=O)[C@H]3CC[C@]4(C)[C@H]5C6=CC(=O)O[C@@H]6C(CNCCCOC)=C[C@@H]5C[C@]4(O)[C@]3(O)[C@@H](O)[C@H](CCC(C)C)[C@]2(O)C[C@H]1O. The summed E-state index contributed by atoms with van der Waals surface area (Å²) >= 11 is 0. The van der Waals surface area contributed by atoms with E-state index >= 15 is 0 Å². The summed E-state index contributed by atoms with van der Waals surface area (Å²) < 4.78 is 11.0. The van der Waals surface area contributed by atoms with Gasteiger partial charge in [-0.1, -0.05) is 59.5 Å². The highest BCUT2D eigenvalue weighted by atomic mass is 16.5. The molecule has 4 fully saturated rings. The van der Waals surface area contributed by atoms with Crippen LogP contribution in [-0.4, -0.2) is 99.7 Å². The monoisotopic (exact) mass is 701 g/mol. The zero-order valence-corrected chi connectivity index (χ0v) is 30.9. The second kappa shape index (κ2) is 14.0. The highest BCUT2D eigenvalue weighted by Crippen LogP contribution is 2.75. The third-order valence-electron chi connectivity index (χ3n) is 14.7. The van der Waals surface area contributed by atoms with Crippen LogP contribution < -0.4 is 5.32 Å². The average molecular weight is 702 g/mol. The maximum Gasteiger partial charge on any atom is 0.331 e. The Bertz CT molecular complexity index is 1350. The molecule has 0 radical (unpaired) electrons. The van der Waals surface area contributed by atoms with Crippen molar-refractivity contribution in [2.45, 2.75) is 140 Å². The molecular weight excluding hydrogens is 638 g/mol. The number of esters is 1. The van der Waals surface area contributed by atoms with Crippen LogP contribution in [0.5, 0.6) is 0 Å². The van der Waals surface area contributed by atoms with Crippen molar-refractivity contribution in [3.8, 4) is 0 Å². The first-order valence-electron chi connectivity index (χ1n) is 19.5. The fourth-order valence-corrected chi connectivity index (χ4v) is 12.3. The lowest BCUT2D eigenvalue weighted by molar-refractivity contribution is -0.367. The zero-order chi connectivity index (χ0) is 36.3. The minimum Gasteiger partial charge on any atom is -0.450 e. The predicted octanol–water partition coefficient (Wildman–Crippen LogP) is 3.61. The van der Waals surface area contributed by atoms with Crippen molar-refractivity contribution in [3.05, 3.63) is 23.3 Å². The number of aldehydes is 1. The number of rotatable bonds is 14. The predicted molar refractivity (Wildman–Crippen MR) is 188 cm³/mol. The Morgan fingerprint density at radius 2 is 1.86 bits per heavy atom. The number of allylic oxidation sites excluding steroid dienone is 1. The molecule has 5 aliphatic carbocycles. The van der Waals surface area contributed by atoms with E-state index in [1.807, 2.05) is 6.92 Å². The largest absolute Gasteiger partial charge is 0.450 e. The van der Waals surface area contributed by atoms with E-state index in [1.54, 1.807) is 13.2 Å². The van der Waals surface area contributed by atoms with E-state index in [1.165, 1.54) is 0 Å². The molecule has 6 aliphatic rings. The number of aliphatic hydroxyl groups is 5. The second-order valence-electron chi connectivity index (χ2n) is 17.6. The Morgan fingerprint density at radius 1 is 1.10 bits per heavy atom. The molecule has 0 saturated heterocycles. The van der Waals surface area contributed by atoms with E-state index in [9.17, 15) is 35.1 Å². The molecule has 10 heteroatoms. The summed E-state index contributed by atoms with van der Waals surface area (Å²) in [6.45, 7) is 10.0. The quantitative estimate of drug-likeness (QED) is 0.0682. The number of aliphatic hydroxyl groups excluding tert-OH is 2. The molecule has 0 aromatic carbocycles. The summed E-state index contributed by atoms with van der Waals surface area (Å²) in [6.07, 6.45) is 7.95. The number of ether oxygens (including phenoxy) is 2. The number of carbonyl (C=O) groups is 2.